The van der Waals surface area contributed by atoms with E-state index in [-0.39, 0.29) is 23.4 Å². The quantitative estimate of drug-likeness (QED) is 0.825. The first-order chi connectivity index (χ1) is 9.13. The molecule has 2 aromatic rings. The average Bonchev–Trinajstić information content (AvgIpc) is 2.81. The number of carbonyl (C=O) groups is 1. The Bertz CT molecular complexity index is 612. The zero-order valence-electron chi connectivity index (χ0n) is 10.9. The Morgan fingerprint density at radius 2 is 2.05 bits per heavy atom. The summed E-state index contributed by atoms with van der Waals surface area (Å²) in [6.07, 6.45) is 3.62. The number of carbonyl (C=O) groups excluding carboxylic acids is 1. The van der Waals surface area contributed by atoms with Gasteiger partial charge in [-0.2, -0.15) is 0 Å². The van der Waals surface area contributed by atoms with Gasteiger partial charge < -0.3 is 4.42 Å². The number of hydrogen-bond acceptors (Lipinski definition) is 3. The highest BCUT2D eigenvalue weighted by atomic mass is 19.1. The summed E-state index contributed by atoms with van der Waals surface area (Å²) in [6.45, 7) is 1.66. The molecular weight excluding hydrogens is 245 g/mol. The van der Waals surface area contributed by atoms with Gasteiger partial charge in [0.05, 0.1) is 0 Å². The molecule has 1 fully saturated rings. The summed E-state index contributed by atoms with van der Waals surface area (Å²) in [7, 11) is 0. The van der Waals surface area contributed by atoms with Crippen molar-refractivity contribution in [2.24, 2.45) is 5.92 Å². The molecule has 3 nitrogen and oxygen atoms in total. The maximum atomic E-state index is 13.1. The zero-order chi connectivity index (χ0) is 13.4. The second kappa shape index (κ2) is 4.76. The van der Waals surface area contributed by atoms with Crippen LogP contribution in [0.4, 0.5) is 4.39 Å². The number of hydrogen-bond donors (Lipinski definition) is 0. The molecule has 1 aliphatic carbocycles. The van der Waals surface area contributed by atoms with Crippen LogP contribution in [-0.4, -0.2) is 10.8 Å². The molecule has 0 N–H and O–H groups in total. The number of nitrogens with zero attached hydrogens (tertiary/aromatic N) is 1. The summed E-state index contributed by atoms with van der Waals surface area (Å²) >= 11 is 0. The summed E-state index contributed by atoms with van der Waals surface area (Å²) < 4.78 is 18.8. The molecule has 0 bridgehead atoms. The van der Waals surface area contributed by atoms with E-state index in [2.05, 4.69) is 4.98 Å². The van der Waals surface area contributed by atoms with Crippen LogP contribution in [0.25, 0.3) is 11.1 Å². The van der Waals surface area contributed by atoms with Crippen LogP contribution in [0.2, 0.25) is 0 Å². The van der Waals surface area contributed by atoms with Gasteiger partial charge in [-0.3, -0.25) is 4.79 Å². The highest BCUT2D eigenvalue weighted by Gasteiger charge is 2.27. The van der Waals surface area contributed by atoms with Crippen molar-refractivity contribution in [3.8, 4) is 0 Å². The van der Waals surface area contributed by atoms with Gasteiger partial charge in [0.1, 0.15) is 17.1 Å². The molecule has 100 valence electrons. The first-order valence-corrected chi connectivity index (χ1v) is 6.70. The zero-order valence-corrected chi connectivity index (χ0v) is 10.9. The Hall–Kier alpha value is -1.71. The third-order valence-corrected chi connectivity index (χ3v) is 4.02. The Balaban J connectivity index is 1.80. The lowest BCUT2D eigenvalue weighted by Gasteiger charge is -2.24. The van der Waals surface area contributed by atoms with Crippen molar-refractivity contribution < 1.29 is 13.6 Å². The molecule has 1 saturated carbocycles. The second-order valence-corrected chi connectivity index (χ2v) is 5.32. The average molecular weight is 261 g/mol. The number of fused-ring (bicyclic) bond motifs is 1. The number of Topliss-reactive ketones (excluding diaryl/α,β-unsaturated/α-hetero) is 1. The number of aromatic nitrogens is 1. The predicted octanol–water partition coefficient (Wildman–Crippen LogP) is 3.83. The van der Waals surface area contributed by atoms with Gasteiger partial charge in [-0.15, -0.1) is 0 Å². The third kappa shape index (κ3) is 2.39. The Labute approximate surface area is 110 Å². The lowest BCUT2D eigenvalue weighted by atomic mass is 9.80. The van der Waals surface area contributed by atoms with Crippen LogP contribution in [0, 0.1) is 11.7 Å². The van der Waals surface area contributed by atoms with Gasteiger partial charge in [0.15, 0.2) is 11.5 Å². The number of rotatable bonds is 2. The fourth-order valence-electron chi connectivity index (χ4n) is 2.84. The minimum absolute atomic E-state index is 0.193. The largest absolute Gasteiger partial charge is 0.440 e. The SMILES string of the molecule is CC(=O)[C@H]1CC[C@H](c2nc3cc(F)ccc3o2)CC1. The molecule has 0 amide bonds. The van der Waals surface area contributed by atoms with Crippen LogP contribution >= 0.6 is 0 Å². The van der Waals surface area contributed by atoms with Crippen LogP contribution in [-0.2, 0) is 4.79 Å². The highest BCUT2D eigenvalue weighted by Crippen LogP contribution is 2.36. The molecule has 1 heterocycles. The minimum Gasteiger partial charge on any atom is -0.440 e. The summed E-state index contributed by atoms with van der Waals surface area (Å²) in [4.78, 5) is 15.7. The van der Waals surface area contributed by atoms with Crippen molar-refractivity contribution in [2.45, 2.75) is 38.5 Å². The Morgan fingerprint density at radius 1 is 1.32 bits per heavy atom. The van der Waals surface area contributed by atoms with Gasteiger partial charge in [0.25, 0.3) is 0 Å². The molecule has 0 unspecified atom stereocenters. The molecule has 1 aromatic heterocycles. The molecule has 19 heavy (non-hydrogen) atoms. The van der Waals surface area contributed by atoms with Crippen molar-refractivity contribution in [3.63, 3.8) is 0 Å². The van der Waals surface area contributed by atoms with E-state index in [0.29, 0.717) is 17.0 Å². The third-order valence-electron chi connectivity index (χ3n) is 4.02. The molecule has 0 radical (unpaired) electrons. The monoisotopic (exact) mass is 261 g/mol. The highest BCUT2D eigenvalue weighted by molar-refractivity contribution is 5.78. The molecule has 0 saturated heterocycles. The van der Waals surface area contributed by atoms with E-state index in [1.165, 1.54) is 12.1 Å². The lowest BCUT2D eigenvalue weighted by molar-refractivity contribution is -0.121. The predicted molar refractivity (Wildman–Crippen MR) is 69.3 cm³/mol. The second-order valence-electron chi connectivity index (χ2n) is 5.32. The number of oxazole rings is 1. The maximum absolute atomic E-state index is 13.1. The van der Waals surface area contributed by atoms with E-state index < -0.39 is 0 Å². The summed E-state index contributed by atoms with van der Waals surface area (Å²) in [6, 6.07) is 4.38. The molecule has 0 aliphatic heterocycles. The molecule has 0 atom stereocenters. The fourth-order valence-corrected chi connectivity index (χ4v) is 2.84. The number of halogens is 1. The molecular formula is C15H16FNO2. The van der Waals surface area contributed by atoms with E-state index in [1.807, 2.05) is 0 Å². The minimum atomic E-state index is -0.298. The van der Waals surface area contributed by atoms with Crippen molar-refractivity contribution in [1.29, 1.82) is 0 Å². The van der Waals surface area contributed by atoms with Gasteiger partial charge in [-0.05, 0) is 44.7 Å². The normalized spacial score (nSPS) is 23.7. The van der Waals surface area contributed by atoms with Crippen LogP contribution < -0.4 is 0 Å². The number of benzene rings is 1. The van der Waals surface area contributed by atoms with Crippen molar-refractivity contribution in [3.05, 3.63) is 29.9 Å². The molecule has 1 aliphatic rings. The van der Waals surface area contributed by atoms with Crippen LogP contribution in [0.5, 0.6) is 0 Å². The smallest absolute Gasteiger partial charge is 0.198 e. The Morgan fingerprint density at radius 3 is 2.74 bits per heavy atom. The van der Waals surface area contributed by atoms with Crippen LogP contribution in [0.15, 0.2) is 22.6 Å². The topological polar surface area (TPSA) is 43.1 Å². The van der Waals surface area contributed by atoms with E-state index in [4.69, 9.17) is 4.42 Å². The summed E-state index contributed by atoms with van der Waals surface area (Å²) in [5.41, 5.74) is 1.20. The first kappa shape index (κ1) is 12.3. The molecule has 3 rings (SSSR count). The van der Waals surface area contributed by atoms with Gasteiger partial charge >= 0.3 is 0 Å². The van der Waals surface area contributed by atoms with Crippen molar-refractivity contribution >= 4 is 16.9 Å². The van der Waals surface area contributed by atoms with Gasteiger partial charge in [0.2, 0.25) is 0 Å². The molecule has 1 aromatic carbocycles. The van der Waals surface area contributed by atoms with E-state index in [1.54, 1.807) is 13.0 Å². The van der Waals surface area contributed by atoms with Gasteiger partial charge in [-0.25, -0.2) is 9.37 Å². The van der Waals surface area contributed by atoms with Gasteiger partial charge in [0, 0.05) is 17.9 Å². The lowest BCUT2D eigenvalue weighted by Crippen LogP contribution is -2.19. The van der Waals surface area contributed by atoms with E-state index in [9.17, 15) is 9.18 Å². The van der Waals surface area contributed by atoms with E-state index in [0.717, 1.165) is 25.7 Å². The van der Waals surface area contributed by atoms with Crippen LogP contribution in [0.3, 0.4) is 0 Å². The van der Waals surface area contributed by atoms with Crippen molar-refractivity contribution in [2.75, 3.05) is 0 Å². The summed E-state index contributed by atoms with van der Waals surface area (Å²) in [5.74, 6) is 1.11. The molecule has 4 heteroatoms. The van der Waals surface area contributed by atoms with Crippen LogP contribution in [0.1, 0.15) is 44.4 Å². The first-order valence-electron chi connectivity index (χ1n) is 6.70. The van der Waals surface area contributed by atoms with Gasteiger partial charge in [-0.1, -0.05) is 0 Å². The Kier molecular flexibility index (Phi) is 3.09. The fraction of sp³-hybridized carbons (Fsp3) is 0.467. The molecule has 0 spiro atoms. The van der Waals surface area contributed by atoms with Crippen molar-refractivity contribution in [1.82, 2.24) is 4.98 Å². The standard InChI is InChI=1S/C15H16FNO2/c1-9(18)10-2-4-11(5-3-10)15-17-13-8-12(16)6-7-14(13)19-15/h6-8,10-11H,2-5H2,1H3/t10-,11-. The van der Waals surface area contributed by atoms with E-state index >= 15 is 0 Å². The maximum Gasteiger partial charge on any atom is 0.198 e. The summed E-state index contributed by atoms with van der Waals surface area (Å²) in [5, 5.41) is 0. The number of ketones is 1.